The van der Waals surface area contributed by atoms with Crippen molar-refractivity contribution in [2.45, 2.75) is 27.3 Å². The summed E-state index contributed by atoms with van der Waals surface area (Å²) in [5.41, 5.74) is 4.15. The van der Waals surface area contributed by atoms with Gasteiger partial charge in [0.1, 0.15) is 5.75 Å². The summed E-state index contributed by atoms with van der Waals surface area (Å²) in [6.45, 7) is 5.68. The van der Waals surface area contributed by atoms with Crippen molar-refractivity contribution in [2.24, 2.45) is 0 Å². The summed E-state index contributed by atoms with van der Waals surface area (Å²) in [6, 6.07) is 11.3. The lowest BCUT2D eigenvalue weighted by Gasteiger charge is -2.12. The standard InChI is InChI=1S/C20H23NO4/c1-13-9-14(2)19(15(3)10-13)20(23)25-12-18(22)21-11-16-7-5-6-8-17(16)24-4/h5-10H,11-12H2,1-4H3,(H,21,22). The van der Waals surface area contributed by atoms with Crippen molar-refractivity contribution in [2.75, 3.05) is 13.7 Å². The predicted octanol–water partition coefficient (Wildman–Crippen LogP) is 3.09. The van der Waals surface area contributed by atoms with Crippen LogP contribution >= 0.6 is 0 Å². The molecule has 0 heterocycles. The van der Waals surface area contributed by atoms with Gasteiger partial charge in [-0.05, 0) is 38.0 Å². The third kappa shape index (κ3) is 4.83. The predicted molar refractivity (Wildman–Crippen MR) is 95.8 cm³/mol. The summed E-state index contributed by atoms with van der Waals surface area (Å²) in [4.78, 5) is 24.2. The first kappa shape index (κ1) is 18.5. The fraction of sp³-hybridized carbons (Fsp3) is 0.300. The van der Waals surface area contributed by atoms with Gasteiger partial charge in [0.05, 0.1) is 12.7 Å². The highest BCUT2D eigenvalue weighted by atomic mass is 16.5. The molecule has 0 atom stereocenters. The zero-order chi connectivity index (χ0) is 18.4. The Morgan fingerprint density at radius 3 is 2.32 bits per heavy atom. The van der Waals surface area contributed by atoms with E-state index in [0.29, 0.717) is 17.9 Å². The first-order valence-corrected chi connectivity index (χ1v) is 8.06. The molecule has 1 amide bonds. The first-order chi connectivity index (χ1) is 11.9. The van der Waals surface area contributed by atoms with Crippen LogP contribution in [0.4, 0.5) is 0 Å². The Morgan fingerprint density at radius 2 is 1.68 bits per heavy atom. The molecule has 5 nitrogen and oxygen atoms in total. The number of carbonyl (C=O) groups is 2. The second kappa shape index (κ2) is 8.33. The van der Waals surface area contributed by atoms with Crippen LogP contribution in [0.5, 0.6) is 5.75 Å². The third-order valence-corrected chi connectivity index (χ3v) is 3.88. The van der Waals surface area contributed by atoms with E-state index in [-0.39, 0.29) is 12.5 Å². The number of aryl methyl sites for hydroxylation is 3. The molecular weight excluding hydrogens is 318 g/mol. The van der Waals surface area contributed by atoms with E-state index in [0.717, 1.165) is 22.3 Å². The van der Waals surface area contributed by atoms with Crippen LogP contribution < -0.4 is 10.1 Å². The molecule has 132 valence electrons. The Balaban J connectivity index is 1.91. The molecule has 0 radical (unpaired) electrons. The van der Waals surface area contributed by atoms with Crippen LogP contribution in [-0.2, 0) is 16.1 Å². The van der Waals surface area contributed by atoms with Gasteiger partial charge in [-0.3, -0.25) is 4.79 Å². The van der Waals surface area contributed by atoms with Crippen molar-refractivity contribution < 1.29 is 19.1 Å². The van der Waals surface area contributed by atoms with Crippen LogP contribution in [0.3, 0.4) is 0 Å². The van der Waals surface area contributed by atoms with Gasteiger partial charge in [0.2, 0.25) is 0 Å². The molecule has 2 aromatic carbocycles. The van der Waals surface area contributed by atoms with E-state index in [4.69, 9.17) is 9.47 Å². The summed E-state index contributed by atoms with van der Waals surface area (Å²) in [6.07, 6.45) is 0. The molecule has 2 aromatic rings. The minimum Gasteiger partial charge on any atom is -0.496 e. The van der Waals surface area contributed by atoms with Gasteiger partial charge in [0, 0.05) is 12.1 Å². The molecule has 5 heteroatoms. The van der Waals surface area contributed by atoms with Crippen molar-refractivity contribution in [1.29, 1.82) is 0 Å². The second-order valence-electron chi connectivity index (χ2n) is 5.94. The van der Waals surface area contributed by atoms with Crippen molar-refractivity contribution in [3.05, 3.63) is 64.2 Å². The van der Waals surface area contributed by atoms with Crippen molar-refractivity contribution in [3.8, 4) is 5.75 Å². The largest absolute Gasteiger partial charge is 0.496 e. The second-order valence-corrected chi connectivity index (χ2v) is 5.94. The van der Waals surface area contributed by atoms with Gasteiger partial charge in [-0.2, -0.15) is 0 Å². The average molecular weight is 341 g/mol. The maximum Gasteiger partial charge on any atom is 0.339 e. The van der Waals surface area contributed by atoms with E-state index in [9.17, 15) is 9.59 Å². The fourth-order valence-corrected chi connectivity index (χ4v) is 2.80. The minimum absolute atomic E-state index is 0.309. The van der Waals surface area contributed by atoms with E-state index in [1.54, 1.807) is 7.11 Å². The highest BCUT2D eigenvalue weighted by molar-refractivity contribution is 5.94. The van der Waals surface area contributed by atoms with Crippen LogP contribution in [0.15, 0.2) is 36.4 Å². The minimum atomic E-state index is -0.484. The Morgan fingerprint density at radius 1 is 1.04 bits per heavy atom. The lowest BCUT2D eigenvalue weighted by molar-refractivity contribution is -0.124. The summed E-state index contributed by atoms with van der Waals surface area (Å²) in [5, 5.41) is 2.72. The number of methoxy groups -OCH3 is 1. The number of hydrogen-bond acceptors (Lipinski definition) is 4. The molecule has 2 rings (SSSR count). The average Bonchev–Trinajstić information content (AvgIpc) is 2.57. The van der Waals surface area contributed by atoms with Gasteiger partial charge in [-0.1, -0.05) is 35.9 Å². The van der Waals surface area contributed by atoms with Gasteiger partial charge >= 0.3 is 5.97 Å². The normalized spacial score (nSPS) is 10.2. The number of rotatable bonds is 6. The van der Waals surface area contributed by atoms with Gasteiger partial charge in [-0.15, -0.1) is 0 Å². The number of nitrogens with one attached hydrogen (secondary N) is 1. The Labute approximate surface area is 148 Å². The molecule has 25 heavy (non-hydrogen) atoms. The molecule has 0 aliphatic heterocycles. The first-order valence-electron chi connectivity index (χ1n) is 8.06. The Hall–Kier alpha value is -2.82. The number of hydrogen-bond donors (Lipinski definition) is 1. The molecule has 0 aromatic heterocycles. The monoisotopic (exact) mass is 341 g/mol. The third-order valence-electron chi connectivity index (χ3n) is 3.88. The zero-order valence-electron chi connectivity index (χ0n) is 15.0. The van der Waals surface area contributed by atoms with Crippen LogP contribution in [0.25, 0.3) is 0 Å². The summed E-state index contributed by atoms with van der Waals surface area (Å²) < 4.78 is 10.4. The van der Waals surface area contributed by atoms with Crippen LogP contribution in [0.2, 0.25) is 0 Å². The topological polar surface area (TPSA) is 64.6 Å². The number of esters is 1. The summed E-state index contributed by atoms with van der Waals surface area (Å²) >= 11 is 0. The zero-order valence-corrected chi connectivity index (χ0v) is 15.0. The maximum atomic E-state index is 12.3. The van der Waals surface area contributed by atoms with Gasteiger partial charge < -0.3 is 14.8 Å². The van der Waals surface area contributed by atoms with Crippen molar-refractivity contribution in [1.82, 2.24) is 5.32 Å². The van der Waals surface area contributed by atoms with Crippen molar-refractivity contribution in [3.63, 3.8) is 0 Å². The van der Waals surface area contributed by atoms with Gasteiger partial charge in [0.25, 0.3) is 5.91 Å². The summed E-state index contributed by atoms with van der Waals surface area (Å²) in [7, 11) is 1.58. The molecule has 0 fully saturated rings. The molecule has 1 N–H and O–H groups in total. The van der Waals surface area contributed by atoms with Crippen LogP contribution in [0.1, 0.15) is 32.6 Å². The molecule has 0 unspecified atom stereocenters. The van der Waals surface area contributed by atoms with E-state index in [1.807, 2.05) is 57.2 Å². The molecule has 0 bridgehead atoms. The number of para-hydroxylation sites is 1. The number of ether oxygens (including phenoxy) is 2. The van der Waals surface area contributed by atoms with Crippen LogP contribution in [-0.4, -0.2) is 25.6 Å². The number of amides is 1. The van der Waals surface area contributed by atoms with Gasteiger partial charge in [-0.25, -0.2) is 4.79 Å². The van der Waals surface area contributed by atoms with Crippen LogP contribution in [0, 0.1) is 20.8 Å². The Bertz CT molecular complexity index is 760. The molecule has 0 spiro atoms. The summed E-state index contributed by atoms with van der Waals surface area (Å²) in [5.74, 6) is -0.144. The van der Waals surface area contributed by atoms with E-state index in [2.05, 4.69) is 5.32 Å². The Kier molecular flexibility index (Phi) is 6.17. The van der Waals surface area contributed by atoms with E-state index in [1.165, 1.54) is 0 Å². The van der Waals surface area contributed by atoms with E-state index < -0.39 is 5.97 Å². The highest BCUT2D eigenvalue weighted by Crippen LogP contribution is 2.18. The molecular formula is C20H23NO4. The van der Waals surface area contributed by atoms with E-state index >= 15 is 0 Å². The molecule has 0 saturated heterocycles. The van der Waals surface area contributed by atoms with Crippen molar-refractivity contribution >= 4 is 11.9 Å². The lowest BCUT2D eigenvalue weighted by atomic mass is 10.00. The maximum absolute atomic E-state index is 12.3. The number of carbonyl (C=O) groups excluding carboxylic acids is 2. The SMILES string of the molecule is COc1ccccc1CNC(=O)COC(=O)c1c(C)cc(C)cc1C. The quantitative estimate of drug-likeness (QED) is 0.820. The lowest BCUT2D eigenvalue weighted by Crippen LogP contribution is -2.28. The molecule has 0 aliphatic rings. The highest BCUT2D eigenvalue weighted by Gasteiger charge is 2.16. The van der Waals surface area contributed by atoms with Gasteiger partial charge in [0.15, 0.2) is 6.61 Å². The molecule has 0 saturated carbocycles. The number of benzene rings is 2. The fourth-order valence-electron chi connectivity index (χ4n) is 2.80. The molecule has 0 aliphatic carbocycles. The smallest absolute Gasteiger partial charge is 0.339 e.